The predicted molar refractivity (Wildman–Crippen MR) is 74.8 cm³/mol. The highest BCUT2D eigenvalue weighted by Gasteiger charge is 2.28. The van der Waals surface area contributed by atoms with Crippen molar-refractivity contribution in [3.05, 3.63) is 65.2 Å². The zero-order chi connectivity index (χ0) is 13.2. The molecule has 3 rings (SSSR count). The van der Waals surface area contributed by atoms with Gasteiger partial charge in [-0.05, 0) is 36.1 Å². The van der Waals surface area contributed by atoms with Crippen LogP contribution in [0.1, 0.15) is 33.8 Å². The van der Waals surface area contributed by atoms with Gasteiger partial charge in [0, 0.05) is 11.5 Å². The number of carbonyl (C=O) groups is 1. The second-order valence-corrected chi connectivity index (χ2v) is 4.89. The van der Waals surface area contributed by atoms with E-state index in [9.17, 15) is 4.79 Å². The van der Waals surface area contributed by atoms with Crippen LogP contribution in [0, 0.1) is 0 Å². The van der Waals surface area contributed by atoms with Gasteiger partial charge in [-0.2, -0.15) is 0 Å². The Hall–Kier alpha value is -2.09. The maximum Gasteiger partial charge on any atom is 0.170 e. The van der Waals surface area contributed by atoms with Gasteiger partial charge < -0.3 is 4.74 Å². The molecule has 96 valence electrons. The molecule has 1 atom stereocenters. The van der Waals surface area contributed by atoms with Crippen molar-refractivity contribution in [3.63, 3.8) is 0 Å². The normalized spacial score (nSPS) is 17.9. The van der Waals surface area contributed by atoms with E-state index in [1.54, 1.807) is 7.11 Å². The smallest absolute Gasteiger partial charge is 0.170 e. The molecule has 0 aliphatic heterocycles. The van der Waals surface area contributed by atoms with Crippen molar-refractivity contribution in [3.8, 4) is 5.75 Å². The van der Waals surface area contributed by atoms with Crippen molar-refractivity contribution in [2.75, 3.05) is 7.11 Å². The minimum absolute atomic E-state index is 0.0131. The molecule has 0 heterocycles. The summed E-state index contributed by atoms with van der Waals surface area (Å²) in [5.74, 6) is 1.06. The number of ether oxygens (including phenoxy) is 1. The van der Waals surface area contributed by atoms with Gasteiger partial charge in [0.15, 0.2) is 5.78 Å². The molecule has 1 aliphatic rings. The Morgan fingerprint density at radius 1 is 1.05 bits per heavy atom. The SMILES string of the molecule is COc1ccc([C@@H]2CCc3ccccc3C2=O)cc1. The second kappa shape index (κ2) is 4.88. The fraction of sp³-hybridized carbons (Fsp3) is 0.235. The van der Waals surface area contributed by atoms with Gasteiger partial charge in [0.2, 0.25) is 0 Å². The summed E-state index contributed by atoms with van der Waals surface area (Å²) >= 11 is 0. The third kappa shape index (κ3) is 2.14. The molecule has 0 spiro atoms. The Morgan fingerprint density at radius 3 is 2.53 bits per heavy atom. The molecule has 0 saturated carbocycles. The lowest BCUT2D eigenvalue weighted by Crippen LogP contribution is -2.20. The first kappa shape index (κ1) is 12.0. The Labute approximate surface area is 113 Å². The Kier molecular flexibility index (Phi) is 3.08. The van der Waals surface area contributed by atoms with Crippen LogP contribution in [0.4, 0.5) is 0 Å². The minimum Gasteiger partial charge on any atom is -0.497 e. The number of rotatable bonds is 2. The summed E-state index contributed by atoms with van der Waals surface area (Å²) in [4.78, 5) is 12.5. The molecule has 0 amide bonds. The summed E-state index contributed by atoms with van der Waals surface area (Å²) in [5.41, 5.74) is 3.15. The average molecular weight is 252 g/mol. The molecular formula is C17H16O2. The summed E-state index contributed by atoms with van der Waals surface area (Å²) in [6.07, 6.45) is 1.86. The highest BCUT2D eigenvalue weighted by atomic mass is 16.5. The first-order valence-corrected chi connectivity index (χ1v) is 6.55. The van der Waals surface area contributed by atoms with Gasteiger partial charge in [-0.15, -0.1) is 0 Å². The van der Waals surface area contributed by atoms with Gasteiger partial charge in [-0.1, -0.05) is 36.4 Å². The van der Waals surface area contributed by atoms with E-state index in [1.165, 1.54) is 5.56 Å². The van der Waals surface area contributed by atoms with Gasteiger partial charge in [0.05, 0.1) is 7.11 Å². The van der Waals surface area contributed by atoms with Crippen molar-refractivity contribution in [1.82, 2.24) is 0 Å². The zero-order valence-electron chi connectivity index (χ0n) is 10.9. The van der Waals surface area contributed by atoms with E-state index in [1.807, 2.05) is 42.5 Å². The molecule has 2 aromatic rings. The molecule has 0 bridgehead atoms. The number of ketones is 1. The average Bonchev–Trinajstić information content (AvgIpc) is 2.48. The van der Waals surface area contributed by atoms with Crippen LogP contribution in [0.25, 0.3) is 0 Å². The maximum atomic E-state index is 12.5. The van der Waals surface area contributed by atoms with Crippen LogP contribution in [-0.2, 0) is 6.42 Å². The fourth-order valence-corrected chi connectivity index (χ4v) is 2.75. The van der Waals surface area contributed by atoms with Gasteiger partial charge >= 0.3 is 0 Å². The third-order valence-electron chi connectivity index (χ3n) is 3.82. The number of benzene rings is 2. The molecule has 2 nitrogen and oxygen atoms in total. The molecule has 0 saturated heterocycles. The summed E-state index contributed by atoms with van der Waals surface area (Å²) in [6.45, 7) is 0. The summed E-state index contributed by atoms with van der Waals surface area (Å²) in [7, 11) is 1.65. The van der Waals surface area contributed by atoms with Crippen LogP contribution in [0.15, 0.2) is 48.5 Å². The molecule has 0 aromatic heterocycles. The van der Waals surface area contributed by atoms with E-state index in [-0.39, 0.29) is 11.7 Å². The molecule has 0 radical (unpaired) electrons. The summed E-state index contributed by atoms with van der Waals surface area (Å²) in [6, 6.07) is 15.8. The van der Waals surface area contributed by atoms with Gasteiger partial charge in [0.25, 0.3) is 0 Å². The number of methoxy groups -OCH3 is 1. The largest absolute Gasteiger partial charge is 0.497 e. The number of fused-ring (bicyclic) bond motifs is 1. The number of carbonyl (C=O) groups excluding carboxylic acids is 1. The molecule has 0 fully saturated rings. The maximum absolute atomic E-state index is 12.5. The zero-order valence-corrected chi connectivity index (χ0v) is 10.9. The Morgan fingerprint density at radius 2 is 1.79 bits per heavy atom. The number of aryl methyl sites for hydroxylation is 1. The van der Waals surface area contributed by atoms with Crippen LogP contribution in [-0.4, -0.2) is 12.9 Å². The van der Waals surface area contributed by atoms with Crippen molar-refractivity contribution in [1.29, 1.82) is 0 Å². The lowest BCUT2D eigenvalue weighted by molar-refractivity contribution is 0.0946. The Balaban J connectivity index is 1.93. The molecule has 2 heteroatoms. The van der Waals surface area contributed by atoms with Crippen molar-refractivity contribution in [2.45, 2.75) is 18.8 Å². The van der Waals surface area contributed by atoms with E-state index in [0.29, 0.717) is 0 Å². The summed E-state index contributed by atoms with van der Waals surface area (Å²) < 4.78 is 5.15. The molecule has 1 aliphatic carbocycles. The van der Waals surface area contributed by atoms with Crippen LogP contribution in [0.2, 0.25) is 0 Å². The van der Waals surface area contributed by atoms with Crippen molar-refractivity contribution >= 4 is 5.78 Å². The molecule has 0 N–H and O–H groups in total. The third-order valence-corrected chi connectivity index (χ3v) is 3.82. The van der Waals surface area contributed by atoms with E-state index in [0.717, 1.165) is 29.7 Å². The highest BCUT2D eigenvalue weighted by Crippen LogP contribution is 2.33. The molecule has 19 heavy (non-hydrogen) atoms. The molecular weight excluding hydrogens is 236 g/mol. The topological polar surface area (TPSA) is 26.3 Å². The van der Waals surface area contributed by atoms with Crippen LogP contribution in [0.5, 0.6) is 5.75 Å². The molecule has 0 unspecified atom stereocenters. The van der Waals surface area contributed by atoms with Crippen LogP contribution < -0.4 is 4.74 Å². The van der Waals surface area contributed by atoms with E-state index < -0.39 is 0 Å². The van der Waals surface area contributed by atoms with Crippen LogP contribution in [0.3, 0.4) is 0 Å². The number of Topliss-reactive ketones (excluding diaryl/α,β-unsaturated/α-hetero) is 1. The van der Waals surface area contributed by atoms with E-state index in [2.05, 4.69) is 6.07 Å². The van der Waals surface area contributed by atoms with E-state index in [4.69, 9.17) is 4.74 Å². The molecule has 2 aromatic carbocycles. The number of hydrogen-bond acceptors (Lipinski definition) is 2. The fourth-order valence-electron chi connectivity index (χ4n) is 2.75. The first-order chi connectivity index (χ1) is 9.29. The van der Waals surface area contributed by atoms with Gasteiger partial charge in [0.1, 0.15) is 5.75 Å². The minimum atomic E-state index is -0.0131. The van der Waals surface area contributed by atoms with Crippen molar-refractivity contribution < 1.29 is 9.53 Å². The van der Waals surface area contributed by atoms with Crippen molar-refractivity contribution in [2.24, 2.45) is 0 Å². The summed E-state index contributed by atoms with van der Waals surface area (Å²) in [5, 5.41) is 0. The predicted octanol–water partition coefficient (Wildman–Crippen LogP) is 3.61. The Bertz CT molecular complexity index is 599. The van der Waals surface area contributed by atoms with Gasteiger partial charge in [-0.3, -0.25) is 4.79 Å². The number of hydrogen-bond donors (Lipinski definition) is 0. The lowest BCUT2D eigenvalue weighted by Gasteiger charge is -2.23. The standard InChI is InChI=1S/C17H16O2/c1-19-14-9-6-13(7-10-14)16-11-8-12-4-2-3-5-15(12)17(16)18/h2-7,9-10,16H,8,11H2,1H3/t16-/m0/s1. The second-order valence-electron chi connectivity index (χ2n) is 4.89. The monoisotopic (exact) mass is 252 g/mol. The lowest BCUT2D eigenvalue weighted by atomic mass is 9.79. The highest BCUT2D eigenvalue weighted by molar-refractivity contribution is 6.03. The van der Waals surface area contributed by atoms with E-state index >= 15 is 0 Å². The first-order valence-electron chi connectivity index (χ1n) is 6.55. The van der Waals surface area contributed by atoms with Crippen LogP contribution >= 0.6 is 0 Å². The quantitative estimate of drug-likeness (QED) is 0.816. The van der Waals surface area contributed by atoms with Gasteiger partial charge in [-0.25, -0.2) is 0 Å².